The first kappa shape index (κ1) is 13.6. The molecular weight excluding hydrogens is 273 g/mol. The zero-order valence-electron chi connectivity index (χ0n) is 9.63. The summed E-state index contributed by atoms with van der Waals surface area (Å²) >= 11 is -0.167. The van der Waals surface area contributed by atoms with Gasteiger partial charge < -0.3 is 0 Å². The molecule has 2 rings (SSSR count). The van der Waals surface area contributed by atoms with Crippen molar-refractivity contribution in [3.05, 3.63) is 54.4 Å². The molecule has 0 saturated carbocycles. The van der Waals surface area contributed by atoms with Crippen LogP contribution < -0.4 is 0 Å². The molecule has 0 unspecified atom stereocenters. The maximum Gasteiger partial charge on any atom is 0.446 e. The standard InChI is InChI=1S/C13H9F3N2S/c14-13(15,16)19-12-6-2-1-5-11(12)18-9-10-4-3-7-17-8-10/h1-9H. The molecule has 0 aliphatic rings. The molecular formula is C13H9F3N2S. The number of benzene rings is 1. The lowest BCUT2D eigenvalue weighted by Gasteiger charge is -2.07. The number of hydrogen-bond donors (Lipinski definition) is 0. The molecule has 2 nitrogen and oxygen atoms in total. The van der Waals surface area contributed by atoms with Crippen LogP contribution in [0.1, 0.15) is 5.56 Å². The minimum atomic E-state index is -4.32. The Labute approximate surface area is 112 Å². The minimum absolute atomic E-state index is 0.0788. The van der Waals surface area contributed by atoms with E-state index in [0.29, 0.717) is 0 Å². The van der Waals surface area contributed by atoms with Gasteiger partial charge in [-0.15, -0.1) is 0 Å². The van der Waals surface area contributed by atoms with Crippen molar-refractivity contribution in [3.63, 3.8) is 0 Å². The lowest BCUT2D eigenvalue weighted by atomic mass is 10.3. The van der Waals surface area contributed by atoms with Crippen LogP contribution >= 0.6 is 11.8 Å². The third kappa shape index (κ3) is 4.40. The van der Waals surface area contributed by atoms with Crippen LogP contribution in [0.5, 0.6) is 0 Å². The fourth-order valence-corrected chi connectivity index (χ4v) is 1.99. The first-order valence-corrected chi connectivity index (χ1v) is 6.15. The zero-order chi connectivity index (χ0) is 13.7. The summed E-state index contributed by atoms with van der Waals surface area (Å²) in [5.41, 5.74) is -3.30. The highest BCUT2D eigenvalue weighted by Crippen LogP contribution is 2.41. The lowest BCUT2D eigenvalue weighted by molar-refractivity contribution is -0.0328. The number of aliphatic imine (C=N–C) groups is 1. The second-order valence-corrected chi connectivity index (χ2v) is 4.67. The van der Waals surface area contributed by atoms with Gasteiger partial charge in [0.15, 0.2) is 0 Å². The number of halogens is 3. The molecule has 0 radical (unpaired) electrons. The Morgan fingerprint density at radius 3 is 2.58 bits per heavy atom. The normalized spacial score (nSPS) is 11.9. The number of alkyl halides is 3. The van der Waals surface area contributed by atoms with Crippen LogP contribution in [0.15, 0.2) is 58.7 Å². The Kier molecular flexibility index (Phi) is 4.21. The van der Waals surface area contributed by atoms with Gasteiger partial charge in [0, 0.05) is 29.1 Å². The van der Waals surface area contributed by atoms with Crippen LogP contribution in [0.3, 0.4) is 0 Å². The topological polar surface area (TPSA) is 25.2 Å². The van der Waals surface area contributed by atoms with E-state index < -0.39 is 5.51 Å². The van der Waals surface area contributed by atoms with Crippen molar-refractivity contribution in [1.82, 2.24) is 4.98 Å². The maximum atomic E-state index is 12.4. The second-order valence-electron chi connectivity index (χ2n) is 3.56. The SMILES string of the molecule is FC(F)(F)Sc1ccccc1N=Cc1cccnc1. The van der Waals surface area contributed by atoms with Gasteiger partial charge in [0.05, 0.1) is 5.69 Å². The Hall–Kier alpha value is -1.82. The Bertz CT molecular complexity index is 568. The molecule has 0 aliphatic heterocycles. The van der Waals surface area contributed by atoms with Crippen LogP contribution in [-0.4, -0.2) is 16.7 Å². The van der Waals surface area contributed by atoms with E-state index in [2.05, 4.69) is 9.98 Å². The van der Waals surface area contributed by atoms with Gasteiger partial charge in [0.2, 0.25) is 0 Å². The number of hydrogen-bond acceptors (Lipinski definition) is 3. The molecule has 2 aromatic rings. The predicted octanol–water partition coefficient (Wildman–Crippen LogP) is 4.44. The molecule has 0 N–H and O–H groups in total. The van der Waals surface area contributed by atoms with Crippen molar-refractivity contribution < 1.29 is 13.2 Å². The van der Waals surface area contributed by atoms with Crippen LogP contribution in [0.25, 0.3) is 0 Å². The average Bonchev–Trinajstić information content (AvgIpc) is 2.37. The molecule has 0 spiro atoms. The van der Waals surface area contributed by atoms with Crippen LogP contribution in [0.2, 0.25) is 0 Å². The molecule has 0 saturated heterocycles. The average molecular weight is 282 g/mol. The van der Waals surface area contributed by atoms with Crippen molar-refractivity contribution >= 4 is 23.7 Å². The first-order chi connectivity index (χ1) is 9.04. The quantitative estimate of drug-likeness (QED) is 0.614. The summed E-state index contributed by atoms with van der Waals surface area (Å²) in [6.45, 7) is 0. The van der Waals surface area contributed by atoms with E-state index in [9.17, 15) is 13.2 Å². The van der Waals surface area contributed by atoms with E-state index >= 15 is 0 Å². The molecule has 0 bridgehead atoms. The van der Waals surface area contributed by atoms with E-state index in [1.165, 1.54) is 12.3 Å². The Morgan fingerprint density at radius 2 is 1.89 bits per heavy atom. The number of pyridine rings is 1. The molecule has 6 heteroatoms. The number of nitrogens with zero attached hydrogens (tertiary/aromatic N) is 2. The van der Waals surface area contributed by atoms with Gasteiger partial charge in [-0.1, -0.05) is 18.2 Å². The van der Waals surface area contributed by atoms with Crippen molar-refractivity contribution in [1.29, 1.82) is 0 Å². The molecule has 19 heavy (non-hydrogen) atoms. The summed E-state index contributed by atoms with van der Waals surface area (Å²) in [4.78, 5) is 8.06. The highest BCUT2D eigenvalue weighted by Gasteiger charge is 2.30. The maximum absolute atomic E-state index is 12.4. The van der Waals surface area contributed by atoms with Crippen molar-refractivity contribution in [2.75, 3.05) is 0 Å². The van der Waals surface area contributed by atoms with Gasteiger partial charge in [-0.25, -0.2) is 0 Å². The Morgan fingerprint density at radius 1 is 1.11 bits per heavy atom. The van der Waals surface area contributed by atoms with Gasteiger partial charge in [-0.05, 0) is 30.0 Å². The number of rotatable bonds is 3. The van der Waals surface area contributed by atoms with Crippen molar-refractivity contribution in [3.8, 4) is 0 Å². The summed E-state index contributed by atoms with van der Waals surface area (Å²) in [7, 11) is 0. The second kappa shape index (κ2) is 5.88. The third-order valence-electron chi connectivity index (χ3n) is 2.13. The molecule has 1 heterocycles. The fourth-order valence-electron chi connectivity index (χ4n) is 1.37. The van der Waals surface area contributed by atoms with E-state index in [-0.39, 0.29) is 22.3 Å². The van der Waals surface area contributed by atoms with Crippen molar-refractivity contribution in [2.24, 2.45) is 4.99 Å². The molecule has 0 amide bonds. The monoisotopic (exact) mass is 282 g/mol. The highest BCUT2D eigenvalue weighted by atomic mass is 32.2. The molecule has 1 aromatic heterocycles. The summed E-state index contributed by atoms with van der Waals surface area (Å²) < 4.78 is 37.2. The van der Waals surface area contributed by atoms with E-state index in [1.54, 1.807) is 42.7 Å². The lowest BCUT2D eigenvalue weighted by Crippen LogP contribution is -1.98. The molecule has 0 aliphatic carbocycles. The molecule has 98 valence electrons. The first-order valence-electron chi connectivity index (χ1n) is 5.33. The van der Waals surface area contributed by atoms with Gasteiger partial charge in [0.25, 0.3) is 0 Å². The van der Waals surface area contributed by atoms with Gasteiger partial charge in [-0.3, -0.25) is 9.98 Å². The van der Waals surface area contributed by atoms with Crippen LogP contribution in [0.4, 0.5) is 18.9 Å². The summed E-state index contributed by atoms with van der Waals surface area (Å²) in [5, 5.41) is 0. The number of para-hydroxylation sites is 1. The summed E-state index contributed by atoms with van der Waals surface area (Å²) in [5.74, 6) is 0. The molecule has 0 atom stereocenters. The van der Waals surface area contributed by atoms with E-state index in [4.69, 9.17) is 0 Å². The third-order valence-corrected chi connectivity index (χ3v) is 2.92. The minimum Gasteiger partial charge on any atom is -0.264 e. The van der Waals surface area contributed by atoms with Gasteiger partial charge >= 0.3 is 5.51 Å². The number of aromatic nitrogens is 1. The predicted molar refractivity (Wildman–Crippen MR) is 69.8 cm³/mol. The smallest absolute Gasteiger partial charge is 0.264 e. The molecule has 1 aromatic carbocycles. The fraction of sp³-hybridized carbons (Fsp3) is 0.0769. The summed E-state index contributed by atoms with van der Waals surface area (Å²) in [6, 6.07) is 9.65. The zero-order valence-corrected chi connectivity index (χ0v) is 10.4. The van der Waals surface area contributed by atoms with E-state index in [1.807, 2.05) is 0 Å². The summed E-state index contributed by atoms with van der Waals surface area (Å²) in [6.07, 6.45) is 4.69. The number of thioether (sulfide) groups is 1. The Balaban J connectivity index is 2.23. The largest absolute Gasteiger partial charge is 0.446 e. The van der Waals surface area contributed by atoms with E-state index in [0.717, 1.165) is 5.56 Å². The van der Waals surface area contributed by atoms with Crippen LogP contribution in [0, 0.1) is 0 Å². The van der Waals surface area contributed by atoms with Crippen molar-refractivity contribution in [2.45, 2.75) is 10.4 Å². The van der Waals surface area contributed by atoms with Crippen LogP contribution in [-0.2, 0) is 0 Å². The van der Waals surface area contributed by atoms with Gasteiger partial charge in [0.1, 0.15) is 0 Å². The highest BCUT2D eigenvalue weighted by molar-refractivity contribution is 8.00. The van der Waals surface area contributed by atoms with Gasteiger partial charge in [-0.2, -0.15) is 13.2 Å². The molecule has 0 fully saturated rings.